The van der Waals surface area contributed by atoms with E-state index in [9.17, 15) is 9.59 Å². The largest absolute Gasteiger partial charge is 0.493 e. The van der Waals surface area contributed by atoms with Gasteiger partial charge in [-0.3, -0.25) is 9.59 Å². The summed E-state index contributed by atoms with van der Waals surface area (Å²) in [5, 5.41) is 0.767. The Labute approximate surface area is 201 Å². The molecule has 0 aliphatic carbocycles. The summed E-state index contributed by atoms with van der Waals surface area (Å²) in [5.74, 6) is 0.903. The number of hydrogen-bond acceptors (Lipinski definition) is 7. The first-order valence-corrected chi connectivity index (χ1v) is 11.1. The Bertz CT molecular complexity index is 1290. The van der Waals surface area contributed by atoms with Crippen molar-refractivity contribution >= 4 is 28.5 Å². The molecule has 1 aliphatic rings. The highest BCUT2D eigenvalue weighted by atomic mass is 35.5. The van der Waals surface area contributed by atoms with Crippen LogP contribution in [-0.4, -0.2) is 52.4 Å². The van der Waals surface area contributed by atoms with Gasteiger partial charge in [0.1, 0.15) is 5.58 Å². The molecule has 0 saturated carbocycles. The first-order chi connectivity index (χ1) is 16.4. The van der Waals surface area contributed by atoms with Gasteiger partial charge in [0.05, 0.1) is 38.3 Å². The molecule has 1 atom stereocenters. The number of methoxy groups -OCH3 is 4. The lowest BCUT2D eigenvalue weighted by Crippen LogP contribution is -2.31. The highest BCUT2D eigenvalue weighted by Crippen LogP contribution is 2.45. The number of aryl methyl sites for hydroxylation is 1. The van der Waals surface area contributed by atoms with Crippen LogP contribution in [0.25, 0.3) is 11.0 Å². The lowest BCUT2D eigenvalue weighted by Gasteiger charge is -2.26. The number of carbonyl (C=O) groups is 1. The molecule has 1 amide bonds. The number of nitrogens with zero attached hydrogens (tertiary/aromatic N) is 1. The summed E-state index contributed by atoms with van der Waals surface area (Å²) in [5.41, 5.74) is 1.65. The second-order valence-corrected chi connectivity index (χ2v) is 8.38. The molecule has 2 heterocycles. The van der Waals surface area contributed by atoms with Crippen LogP contribution in [-0.2, 0) is 4.74 Å². The van der Waals surface area contributed by atoms with Crippen molar-refractivity contribution in [2.24, 2.45) is 0 Å². The van der Waals surface area contributed by atoms with Crippen molar-refractivity contribution in [3.63, 3.8) is 0 Å². The minimum Gasteiger partial charge on any atom is -0.493 e. The number of ether oxygens (including phenoxy) is 4. The van der Waals surface area contributed by atoms with Crippen LogP contribution < -0.4 is 19.6 Å². The van der Waals surface area contributed by atoms with Gasteiger partial charge in [-0.05, 0) is 48.7 Å². The van der Waals surface area contributed by atoms with Crippen molar-refractivity contribution in [1.29, 1.82) is 0 Å². The van der Waals surface area contributed by atoms with Gasteiger partial charge in [0.2, 0.25) is 11.5 Å². The highest BCUT2D eigenvalue weighted by Gasteiger charge is 2.43. The number of carbonyl (C=O) groups excluding carboxylic acids is 1. The van der Waals surface area contributed by atoms with Crippen molar-refractivity contribution in [3.05, 3.63) is 62.0 Å². The lowest BCUT2D eigenvalue weighted by atomic mass is 9.97. The van der Waals surface area contributed by atoms with E-state index in [0.29, 0.717) is 58.4 Å². The lowest BCUT2D eigenvalue weighted by molar-refractivity contribution is 0.0707. The van der Waals surface area contributed by atoms with Crippen molar-refractivity contribution < 1.29 is 28.2 Å². The highest BCUT2D eigenvalue weighted by molar-refractivity contribution is 6.32. The molecule has 1 aliphatic heterocycles. The molecule has 34 heavy (non-hydrogen) atoms. The smallest absolute Gasteiger partial charge is 0.290 e. The number of halogens is 1. The van der Waals surface area contributed by atoms with Gasteiger partial charge in [-0.15, -0.1) is 0 Å². The molecule has 1 unspecified atom stereocenters. The van der Waals surface area contributed by atoms with E-state index in [-0.39, 0.29) is 22.7 Å². The summed E-state index contributed by atoms with van der Waals surface area (Å²) in [4.78, 5) is 28.8. The van der Waals surface area contributed by atoms with Gasteiger partial charge in [0, 0.05) is 25.3 Å². The third-order valence-electron chi connectivity index (χ3n) is 6.00. The minimum absolute atomic E-state index is 0.0235. The molecule has 0 bridgehead atoms. The van der Waals surface area contributed by atoms with E-state index in [0.717, 1.165) is 5.56 Å². The zero-order valence-corrected chi connectivity index (χ0v) is 20.4. The van der Waals surface area contributed by atoms with Crippen LogP contribution in [0.15, 0.2) is 33.5 Å². The molecule has 0 N–H and O–H groups in total. The monoisotopic (exact) mass is 487 g/mol. The quantitative estimate of drug-likeness (QED) is 0.436. The van der Waals surface area contributed by atoms with E-state index in [1.807, 2.05) is 6.92 Å². The second kappa shape index (κ2) is 9.56. The van der Waals surface area contributed by atoms with Crippen LogP contribution in [0.1, 0.15) is 39.7 Å². The summed E-state index contributed by atoms with van der Waals surface area (Å²) in [6.45, 7) is 2.63. The molecule has 3 aromatic rings. The van der Waals surface area contributed by atoms with Gasteiger partial charge >= 0.3 is 0 Å². The fourth-order valence-corrected chi connectivity index (χ4v) is 4.52. The maximum Gasteiger partial charge on any atom is 0.290 e. The maximum absolute atomic E-state index is 13.7. The van der Waals surface area contributed by atoms with Gasteiger partial charge in [0.15, 0.2) is 16.9 Å². The van der Waals surface area contributed by atoms with E-state index in [1.165, 1.54) is 21.3 Å². The van der Waals surface area contributed by atoms with Crippen molar-refractivity contribution in [2.75, 3.05) is 41.6 Å². The average Bonchev–Trinajstić information content (AvgIpc) is 3.11. The number of benzene rings is 2. The van der Waals surface area contributed by atoms with Crippen LogP contribution >= 0.6 is 11.6 Å². The SMILES string of the molecule is COCCCN1C(=O)c2oc3cc(C)c(Cl)cc3c(=O)c2C1c1cc(OC)c(OC)c(OC)c1. The molecule has 2 aromatic carbocycles. The maximum atomic E-state index is 13.7. The van der Waals surface area contributed by atoms with Gasteiger partial charge in [-0.25, -0.2) is 0 Å². The van der Waals surface area contributed by atoms with E-state index >= 15 is 0 Å². The zero-order valence-electron chi connectivity index (χ0n) is 19.7. The Hall–Kier alpha value is -3.23. The predicted octanol–water partition coefficient (Wildman–Crippen LogP) is 4.36. The topological polar surface area (TPSA) is 87.4 Å². The fraction of sp³-hybridized carbons (Fsp3) is 0.360. The van der Waals surface area contributed by atoms with Crippen LogP contribution in [0.2, 0.25) is 5.02 Å². The first kappa shape index (κ1) is 23.9. The number of amides is 1. The summed E-state index contributed by atoms with van der Waals surface area (Å²) >= 11 is 6.30. The molecule has 1 aromatic heterocycles. The molecule has 0 saturated heterocycles. The second-order valence-electron chi connectivity index (χ2n) is 7.98. The third-order valence-corrected chi connectivity index (χ3v) is 6.40. The van der Waals surface area contributed by atoms with Crippen LogP contribution in [0.4, 0.5) is 0 Å². The molecule has 9 heteroatoms. The van der Waals surface area contributed by atoms with Crippen LogP contribution in [0, 0.1) is 6.92 Å². The van der Waals surface area contributed by atoms with E-state index in [1.54, 1.807) is 36.3 Å². The zero-order chi connectivity index (χ0) is 24.6. The van der Waals surface area contributed by atoms with Gasteiger partial charge in [-0.2, -0.15) is 0 Å². The van der Waals surface area contributed by atoms with E-state index in [4.69, 9.17) is 35.0 Å². The summed E-state index contributed by atoms with van der Waals surface area (Å²) in [6, 6.07) is 6.03. The number of rotatable bonds is 8. The van der Waals surface area contributed by atoms with Gasteiger partial charge < -0.3 is 28.3 Å². The molecule has 0 spiro atoms. The summed E-state index contributed by atoms with van der Waals surface area (Å²) < 4.78 is 27.6. The van der Waals surface area contributed by atoms with Crippen LogP contribution in [0.5, 0.6) is 17.2 Å². The number of fused-ring (bicyclic) bond motifs is 2. The van der Waals surface area contributed by atoms with Crippen LogP contribution in [0.3, 0.4) is 0 Å². The molecule has 180 valence electrons. The molecule has 8 nitrogen and oxygen atoms in total. The Morgan fingerprint density at radius 1 is 1.00 bits per heavy atom. The Morgan fingerprint density at radius 3 is 2.26 bits per heavy atom. The molecule has 0 radical (unpaired) electrons. The van der Waals surface area contributed by atoms with Crippen molar-refractivity contribution in [1.82, 2.24) is 4.90 Å². The number of hydrogen-bond donors (Lipinski definition) is 0. The predicted molar refractivity (Wildman–Crippen MR) is 128 cm³/mol. The average molecular weight is 488 g/mol. The van der Waals surface area contributed by atoms with Crippen molar-refractivity contribution in [2.45, 2.75) is 19.4 Å². The van der Waals surface area contributed by atoms with Gasteiger partial charge in [-0.1, -0.05) is 11.6 Å². The fourth-order valence-electron chi connectivity index (χ4n) is 4.36. The van der Waals surface area contributed by atoms with Gasteiger partial charge in [0.25, 0.3) is 5.91 Å². The molecular formula is C25H26ClNO7. The molecular weight excluding hydrogens is 462 g/mol. The molecule has 0 fully saturated rings. The summed E-state index contributed by atoms with van der Waals surface area (Å²) in [6.07, 6.45) is 0.579. The van der Waals surface area contributed by atoms with Crippen molar-refractivity contribution in [3.8, 4) is 17.2 Å². The third kappa shape index (κ3) is 3.86. The summed E-state index contributed by atoms with van der Waals surface area (Å²) in [7, 11) is 6.13. The standard InChI is InChI=1S/C25H26ClNO7/c1-13-9-17-15(12-16(13)26)22(28)20-21(27(7-6-8-30-2)25(29)24(20)34-17)14-10-18(31-3)23(33-5)19(11-14)32-4/h9-12,21H,6-8H2,1-5H3. The normalized spacial score (nSPS) is 15.1. The first-order valence-electron chi connectivity index (χ1n) is 10.7. The Kier molecular flexibility index (Phi) is 6.72. The Morgan fingerprint density at radius 2 is 1.68 bits per heavy atom. The minimum atomic E-state index is -0.714. The van der Waals surface area contributed by atoms with E-state index < -0.39 is 6.04 Å². The molecule has 4 rings (SSSR count). The van der Waals surface area contributed by atoms with E-state index in [2.05, 4.69) is 0 Å². The Balaban J connectivity index is 1.98.